The number of benzene rings is 1. The van der Waals surface area contributed by atoms with E-state index in [4.69, 9.17) is 4.52 Å². The Balaban J connectivity index is 1.68. The second-order valence-corrected chi connectivity index (χ2v) is 16.0. The molecule has 1 aromatic carbocycles. The second-order valence-electron chi connectivity index (χ2n) is 9.52. The van der Waals surface area contributed by atoms with Crippen molar-refractivity contribution in [3.8, 4) is 16.3 Å². The van der Waals surface area contributed by atoms with Gasteiger partial charge in [0.25, 0.3) is 0 Å². The molecular formula is C23H28N5O6PS2. The molecule has 0 bridgehead atoms. The average Bonchev–Trinajstić information content (AvgIpc) is 3.49. The molecule has 11 nitrogen and oxygen atoms in total. The van der Waals surface area contributed by atoms with E-state index >= 15 is 0 Å². The molecule has 1 aliphatic heterocycles. The summed E-state index contributed by atoms with van der Waals surface area (Å²) in [5.74, 6) is 0.158. The standard InChI is InChI=1S/C23H28N5O6PS2/c1-34-35(2,31)17-13-15(27-37(3,32)33)8-9-16(17)24-22(26-35)19-21(29)20(18-5-4-12-36-18)25-28(23(19)30)11-10-14-6-7-14/h4-5,8-9,12-14,27,29,31H,6-7,10-11H2,1-3H3,(H,24,26). The van der Waals surface area contributed by atoms with Gasteiger partial charge in [-0.15, -0.1) is 0 Å². The van der Waals surface area contributed by atoms with Crippen LogP contribution in [0.4, 0.5) is 11.4 Å². The first-order valence-electron chi connectivity index (χ1n) is 11.6. The summed E-state index contributed by atoms with van der Waals surface area (Å²) < 4.78 is 37.3. The third-order valence-electron chi connectivity index (χ3n) is 6.45. The molecule has 2 aliphatic rings. The van der Waals surface area contributed by atoms with Gasteiger partial charge in [-0.25, -0.2) is 0 Å². The minimum absolute atomic E-state index is 0.0521. The molecule has 0 saturated heterocycles. The summed E-state index contributed by atoms with van der Waals surface area (Å²) in [6.07, 6.45) is 4.07. The van der Waals surface area contributed by atoms with Crippen LogP contribution < -0.4 is 20.9 Å². The number of anilines is 2. The van der Waals surface area contributed by atoms with Gasteiger partial charge in [0.1, 0.15) is 0 Å². The number of aromatic nitrogens is 2. The van der Waals surface area contributed by atoms with Crippen molar-refractivity contribution in [2.75, 3.05) is 30.1 Å². The van der Waals surface area contributed by atoms with Gasteiger partial charge in [0.15, 0.2) is 0 Å². The summed E-state index contributed by atoms with van der Waals surface area (Å²) in [6, 6.07) is 8.14. The van der Waals surface area contributed by atoms with E-state index < -0.39 is 22.8 Å². The van der Waals surface area contributed by atoms with Crippen LogP contribution in [-0.4, -0.2) is 54.1 Å². The van der Waals surface area contributed by atoms with Gasteiger partial charge in [-0.2, -0.15) is 0 Å². The number of aromatic hydroxyl groups is 1. The van der Waals surface area contributed by atoms with E-state index in [1.54, 1.807) is 12.1 Å². The van der Waals surface area contributed by atoms with Crippen molar-refractivity contribution >= 4 is 51.1 Å². The Morgan fingerprint density at radius 3 is 2.70 bits per heavy atom. The van der Waals surface area contributed by atoms with Crippen molar-refractivity contribution in [1.82, 2.24) is 9.78 Å². The van der Waals surface area contributed by atoms with Crippen LogP contribution >= 0.6 is 18.5 Å². The summed E-state index contributed by atoms with van der Waals surface area (Å²) in [5.41, 5.74) is 0.164. The first-order valence-corrected chi connectivity index (χ1v) is 16.9. The molecule has 0 amide bonds. The van der Waals surface area contributed by atoms with E-state index in [1.165, 1.54) is 41.9 Å². The molecule has 2 aromatic heterocycles. The van der Waals surface area contributed by atoms with E-state index in [2.05, 4.69) is 19.9 Å². The van der Waals surface area contributed by atoms with Crippen LogP contribution in [0.15, 0.2) is 45.3 Å². The van der Waals surface area contributed by atoms with Gasteiger partial charge in [0.05, 0.1) is 0 Å². The van der Waals surface area contributed by atoms with Gasteiger partial charge in [-0.05, 0) is 0 Å². The molecule has 3 aromatic rings. The van der Waals surface area contributed by atoms with Crippen molar-refractivity contribution in [3.05, 3.63) is 51.6 Å². The minimum atomic E-state index is -4.54. The fourth-order valence-electron chi connectivity index (χ4n) is 4.25. The number of hydrogen-bond donors (Lipinski definition) is 4. The normalized spacial score (nSPS) is 19.1. The van der Waals surface area contributed by atoms with Crippen LogP contribution in [0.25, 0.3) is 10.6 Å². The first-order chi connectivity index (χ1) is 17.4. The molecule has 4 N–H and O–H groups in total. The summed E-state index contributed by atoms with van der Waals surface area (Å²) in [7, 11) is -6.82. The fourth-order valence-corrected chi connectivity index (χ4v) is 7.65. The van der Waals surface area contributed by atoms with E-state index in [0.29, 0.717) is 23.0 Å². The second kappa shape index (κ2) is 8.88. The Bertz CT molecular complexity index is 1580. The Kier molecular flexibility index (Phi) is 6.19. The van der Waals surface area contributed by atoms with Crippen molar-refractivity contribution < 1.29 is 22.9 Å². The van der Waals surface area contributed by atoms with Gasteiger partial charge < -0.3 is 0 Å². The van der Waals surface area contributed by atoms with Crippen molar-refractivity contribution in [3.63, 3.8) is 0 Å². The number of amidine groups is 1. The molecule has 1 aliphatic carbocycles. The molecule has 198 valence electrons. The first kappa shape index (κ1) is 25.8. The molecule has 3 heterocycles. The number of thiophene rings is 1. The fraction of sp³-hybridized carbons (Fsp3) is 0.348. The zero-order chi connectivity index (χ0) is 26.6. The van der Waals surface area contributed by atoms with E-state index in [1.807, 2.05) is 11.4 Å². The number of fused-ring (bicyclic) bond motifs is 1. The Labute approximate surface area is 218 Å². The molecule has 0 spiro atoms. The van der Waals surface area contributed by atoms with Gasteiger partial charge in [-0.3, -0.25) is 0 Å². The van der Waals surface area contributed by atoms with E-state index in [9.17, 15) is 23.2 Å². The van der Waals surface area contributed by atoms with E-state index in [-0.39, 0.29) is 33.8 Å². The Hall–Kier alpha value is -2.83. The van der Waals surface area contributed by atoms with Crippen LogP contribution in [-0.2, 0) is 21.1 Å². The Morgan fingerprint density at radius 2 is 2.08 bits per heavy atom. The molecule has 5 rings (SSSR count). The van der Waals surface area contributed by atoms with Crippen molar-refractivity contribution in [1.29, 1.82) is 0 Å². The molecule has 0 atom stereocenters. The SMILES string of the molecule is COP1(C)(O)N=C(c2c(O)c(-c3cccs3)nn(CCC3CC3)c2=O)Nc2ccc(NS(C)(=O)=O)cc21. The predicted molar refractivity (Wildman–Crippen MR) is 148 cm³/mol. The zero-order valence-electron chi connectivity index (χ0n) is 20.5. The van der Waals surface area contributed by atoms with Crippen LogP contribution in [0, 0.1) is 5.92 Å². The third kappa shape index (κ3) is 5.01. The number of nitrogens with zero attached hydrogens (tertiary/aromatic N) is 3. The summed E-state index contributed by atoms with van der Waals surface area (Å²) in [5, 5.41) is 20.9. The van der Waals surface area contributed by atoms with Gasteiger partial charge in [0, 0.05) is 0 Å². The maximum atomic E-state index is 13.6. The number of aryl methyl sites for hydroxylation is 1. The summed E-state index contributed by atoms with van der Waals surface area (Å²) in [6.45, 7) is 1.80. The number of nitrogens with one attached hydrogen (secondary N) is 2. The molecule has 1 saturated carbocycles. The van der Waals surface area contributed by atoms with Crippen LogP contribution in [0.3, 0.4) is 0 Å². The molecule has 0 unspecified atom stereocenters. The summed E-state index contributed by atoms with van der Waals surface area (Å²) in [4.78, 5) is 26.1. The Morgan fingerprint density at radius 1 is 1.32 bits per heavy atom. The number of sulfonamides is 1. The molecule has 14 heteroatoms. The average molecular weight is 566 g/mol. The van der Waals surface area contributed by atoms with Gasteiger partial charge in [0.2, 0.25) is 0 Å². The molecule has 37 heavy (non-hydrogen) atoms. The summed E-state index contributed by atoms with van der Waals surface area (Å²) >= 11 is 1.37. The molecule has 0 radical (unpaired) electrons. The topological polar surface area (TPSA) is 155 Å². The van der Waals surface area contributed by atoms with Crippen LogP contribution in [0.2, 0.25) is 0 Å². The van der Waals surface area contributed by atoms with Crippen LogP contribution in [0.5, 0.6) is 5.75 Å². The third-order valence-corrected chi connectivity index (χ3v) is 11.0. The number of hydrogen-bond acceptors (Lipinski definition) is 10. The molecular weight excluding hydrogens is 537 g/mol. The van der Waals surface area contributed by atoms with Gasteiger partial charge in [-0.1, -0.05) is 0 Å². The molecule has 1 fully saturated rings. The van der Waals surface area contributed by atoms with Crippen molar-refractivity contribution in [2.45, 2.75) is 25.8 Å². The predicted octanol–water partition coefficient (Wildman–Crippen LogP) is 2.91. The van der Waals surface area contributed by atoms with E-state index in [0.717, 1.165) is 25.5 Å². The zero-order valence-corrected chi connectivity index (χ0v) is 23.0. The van der Waals surface area contributed by atoms with Crippen LogP contribution in [0.1, 0.15) is 24.8 Å². The number of rotatable bonds is 8. The maximum absolute atomic E-state index is 13.6. The van der Waals surface area contributed by atoms with Crippen molar-refractivity contribution in [2.24, 2.45) is 10.7 Å². The quantitative estimate of drug-likeness (QED) is 0.304. The monoisotopic (exact) mass is 565 g/mol. The van der Waals surface area contributed by atoms with Gasteiger partial charge >= 0.3 is 218 Å².